The first-order valence-corrected chi connectivity index (χ1v) is 5.51. The highest BCUT2D eigenvalue weighted by Gasteiger charge is 2.08. The molecule has 0 bridgehead atoms. The predicted octanol–water partition coefficient (Wildman–Crippen LogP) is 1.77. The van der Waals surface area contributed by atoms with Crippen LogP contribution in [0.5, 0.6) is 0 Å². The van der Waals surface area contributed by atoms with Crippen molar-refractivity contribution in [2.45, 2.75) is 26.9 Å². The molecule has 0 heterocycles. The van der Waals surface area contributed by atoms with Crippen molar-refractivity contribution in [2.75, 3.05) is 18.5 Å². The summed E-state index contributed by atoms with van der Waals surface area (Å²) in [5, 5.41) is 9.06. The van der Waals surface area contributed by atoms with Crippen molar-refractivity contribution in [3.05, 3.63) is 29.3 Å². The lowest BCUT2D eigenvalue weighted by atomic mass is 10.1. The second-order valence-electron chi connectivity index (χ2n) is 4.03. The van der Waals surface area contributed by atoms with Crippen LogP contribution in [-0.2, 0) is 17.8 Å². The van der Waals surface area contributed by atoms with Gasteiger partial charge in [0.1, 0.15) is 5.78 Å². The van der Waals surface area contributed by atoms with Gasteiger partial charge in [0.25, 0.3) is 0 Å². The molecule has 0 amide bonds. The number of hydrogen-bond donors (Lipinski definition) is 1. The third kappa shape index (κ3) is 3.07. The molecule has 1 rings (SSSR count). The molecule has 0 aliphatic carbocycles. The molecule has 16 heavy (non-hydrogen) atoms. The molecule has 0 spiro atoms. The Hall–Kier alpha value is -1.35. The average molecular weight is 221 g/mol. The van der Waals surface area contributed by atoms with E-state index in [-0.39, 0.29) is 12.4 Å². The summed E-state index contributed by atoms with van der Waals surface area (Å²) in [5.74, 6) is 0.149. The zero-order valence-electron chi connectivity index (χ0n) is 10.2. The van der Waals surface area contributed by atoms with E-state index in [0.717, 1.165) is 23.2 Å². The molecule has 0 aliphatic rings. The van der Waals surface area contributed by atoms with E-state index in [0.29, 0.717) is 6.54 Å². The molecule has 3 nitrogen and oxygen atoms in total. The Balaban J connectivity index is 2.98. The van der Waals surface area contributed by atoms with Gasteiger partial charge in [0.15, 0.2) is 0 Å². The van der Waals surface area contributed by atoms with Crippen LogP contribution >= 0.6 is 0 Å². The SMILES string of the molecule is CCc1cc(CO)ccc1N(C)CC(C)=O. The molecular formula is C13H19NO2. The first-order chi connectivity index (χ1) is 7.58. The first kappa shape index (κ1) is 12.7. The number of ketones is 1. The van der Waals surface area contributed by atoms with E-state index in [9.17, 15) is 4.79 Å². The minimum Gasteiger partial charge on any atom is -0.392 e. The summed E-state index contributed by atoms with van der Waals surface area (Å²) in [6.07, 6.45) is 0.894. The van der Waals surface area contributed by atoms with Gasteiger partial charge in [0.05, 0.1) is 13.2 Å². The number of carbonyl (C=O) groups is 1. The molecular weight excluding hydrogens is 202 g/mol. The van der Waals surface area contributed by atoms with Crippen molar-refractivity contribution in [1.82, 2.24) is 0 Å². The first-order valence-electron chi connectivity index (χ1n) is 5.51. The van der Waals surface area contributed by atoms with Crippen molar-refractivity contribution in [1.29, 1.82) is 0 Å². The molecule has 0 unspecified atom stereocenters. The standard InChI is InChI=1S/C13H19NO2/c1-4-12-7-11(9-15)5-6-13(12)14(3)8-10(2)16/h5-7,15H,4,8-9H2,1-3H3. The normalized spacial score (nSPS) is 10.2. The minimum atomic E-state index is 0.0592. The summed E-state index contributed by atoms with van der Waals surface area (Å²) in [4.78, 5) is 13.0. The van der Waals surface area contributed by atoms with Crippen LogP contribution in [0.4, 0.5) is 5.69 Å². The smallest absolute Gasteiger partial charge is 0.149 e. The van der Waals surface area contributed by atoms with Gasteiger partial charge in [0, 0.05) is 12.7 Å². The van der Waals surface area contributed by atoms with Crippen molar-refractivity contribution in [3.8, 4) is 0 Å². The monoisotopic (exact) mass is 221 g/mol. The van der Waals surface area contributed by atoms with Crippen molar-refractivity contribution in [2.24, 2.45) is 0 Å². The molecule has 1 aromatic rings. The Morgan fingerprint density at radius 3 is 2.62 bits per heavy atom. The van der Waals surface area contributed by atoms with Crippen LogP contribution in [0.15, 0.2) is 18.2 Å². The van der Waals surface area contributed by atoms with Gasteiger partial charge in [-0.15, -0.1) is 0 Å². The maximum Gasteiger partial charge on any atom is 0.149 e. The highest BCUT2D eigenvalue weighted by molar-refractivity contribution is 5.81. The van der Waals surface area contributed by atoms with Crippen molar-refractivity contribution < 1.29 is 9.90 Å². The summed E-state index contributed by atoms with van der Waals surface area (Å²) in [6.45, 7) is 4.14. The van der Waals surface area contributed by atoms with E-state index in [2.05, 4.69) is 6.92 Å². The van der Waals surface area contributed by atoms with Gasteiger partial charge in [-0.1, -0.05) is 19.1 Å². The third-order valence-electron chi connectivity index (χ3n) is 2.58. The number of aliphatic hydroxyl groups excluding tert-OH is 1. The van der Waals surface area contributed by atoms with Crippen LogP contribution < -0.4 is 4.90 Å². The van der Waals surface area contributed by atoms with E-state index in [1.54, 1.807) is 6.92 Å². The number of hydrogen-bond acceptors (Lipinski definition) is 3. The Morgan fingerprint density at radius 1 is 1.44 bits per heavy atom. The lowest BCUT2D eigenvalue weighted by Crippen LogP contribution is -2.24. The number of aryl methyl sites for hydroxylation is 1. The predicted molar refractivity (Wildman–Crippen MR) is 65.7 cm³/mol. The van der Waals surface area contributed by atoms with E-state index in [1.807, 2.05) is 30.1 Å². The number of carbonyl (C=O) groups excluding carboxylic acids is 1. The zero-order chi connectivity index (χ0) is 12.1. The Kier molecular flexibility index (Phi) is 4.50. The number of likely N-dealkylation sites (N-methyl/N-ethyl adjacent to an activating group) is 1. The van der Waals surface area contributed by atoms with Gasteiger partial charge in [-0.25, -0.2) is 0 Å². The number of nitrogens with zero attached hydrogens (tertiary/aromatic N) is 1. The Bertz CT molecular complexity index is 374. The van der Waals surface area contributed by atoms with Crippen molar-refractivity contribution >= 4 is 11.5 Å². The number of aliphatic hydroxyl groups is 1. The summed E-state index contributed by atoms with van der Waals surface area (Å²) >= 11 is 0. The molecule has 0 saturated heterocycles. The maximum atomic E-state index is 11.1. The van der Waals surface area contributed by atoms with E-state index >= 15 is 0 Å². The van der Waals surface area contributed by atoms with Crippen LogP contribution in [0.2, 0.25) is 0 Å². The van der Waals surface area contributed by atoms with Gasteiger partial charge in [0.2, 0.25) is 0 Å². The summed E-state index contributed by atoms with van der Waals surface area (Å²) in [5.41, 5.74) is 3.14. The lowest BCUT2D eigenvalue weighted by Gasteiger charge is -2.21. The summed E-state index contributed by atoms with van der Waals surface area (Å²) in [6, 6.07) is 5.85. The molecule has 1 aromatic carbocycles. The van der Waals surface area contributed by atoms with Gasteiger partial charge >= 0.3 is 0 Å². The third-order valence-corrected chi connectivity index (χ3v) is 2.58. The van der Waals surface area contributed by atoms with Crippen LogP contribution in [0.3, 0.4) is 0 Å². The molecule has 0 aromatic heterocycles. The van der Waals surface area contributed by atoms with E-state index in [4.69, 9.17) is 5.11 Å². The van der Waals surface area contributed by atoms with Gasteiger partial charge < -0.3 is 10.0 Å². The fourth-order valence-electron chi connectivity index (χ4n) is 1.81. The van der Waals surface area contributed by atoms with Crippen LogP contribution in [0.1, 0.15) is 25.0 Å². The fourth-order valence-corrected chi connectivity index (χ4v) is 1.81. The Labute approximate surface area is 96.7 Å². The number of anilines is 1. The van der Waals surface area contributed by atoms with E-state index in [1.165, 1.54) is 0 Å². The topological polar surface area (TPSA) is 40.5 Å². The number of benzene rings is 1. The lowest BCUT2D eigenvalue weighted by molar-refractivity contribution is -0.115. The number of rotatable bonds is 5. The quantitative estimate of drug-likeness (QED) is 0.823. The van der Waals surface area contributed by atoms with E-state index < -0.39 is 0 Å². The maximum absolute atomic E-state index is 11.1. The second kappa shape index (κ2) is 5.66. The minimum absolute atomic E-state index is 0.0592. The zero-order valence-corrected chi connectivity index (χ0v) is 10.2. The molecule has 3 heteroatoms. The van der Waals surface area contributed by atoms with Crippen LogP contribution in [-0.4, -0.2) is 24.5 Å². The highest BCUT2D eigenvalue weighted by atomic mass is 16.3. The summed E-state index contributed by atoms with van der Waals surface area (Å²) < 4.78 is 0. The average Bonchev–Trinajstić information content (AvgIpc) is 2.27. The Morgan fingerprint density at radius 2 is 2.12 bits per heavy atom. The number of Topliss-reactive ketones (excluding diaryl/α,β-unsaturated/α-hetero) is 1. The largest absolute Gasteiger partial charge is 0.392 e. The molecule has 0 atom stereocenters. The summed E-state index contributed by atoms with van der Waals surface area (Å²) in [7, 11) is 1.91. The van der Waals surface area contributed by atoms with Crippen LogP contribution in [0, 0.1) is 0 Å². The molecule has 88 valence electrons. The van der Waals surface area contributed by atoms with Crippen molar-refractivity contribution in [3.63, 3.8) is 0 Å². The van der Waals surface area contributed by atoms with Gasteiger partial charge in [-0.3, -0.25) is 4.79 Å². The molecule has 0 aliphatic heterocycles. The molecule has 1 N–H and O–H groups in total. The molecule has 0 saturated carbocycles. The van der Waals surface area contributed by atoms with Gasteiger partial charge in [-0.2, -0.15) is 0 Å². The van der Waals surface area contributed by atoms with Crippen LogP contribution in [0.25, 0.3) is 0 Å². The fraction of sp³-hybridized carbons (Fsp3) is 0.462. The van der Waals surface area contributed by atoms with Gasteiger partial charge in [-0.05, 0) is 30.5 Å². The molecule has 0 fully saturated rings. The second-order valence-corrected chi connectivity index (χ2v) is 4.03. The highest BCUT2D eigenvalue weighted by Crippen LogP contribution is 2.21. The molecule has 0 radical (unpaired) electrons.